The molecule has 1 radical (unpaired) electrons. The van der Waals surface area contributed by atoms with Crippen LogP contribution in [0.25, 0.3) is 0 Å². The van der Waals surface area contributed by atoms with E-state index in [1.807, 2.05) is 12.2 Å². The van der Waals surface area contributed by atoms with Crippen molar-refractivity contribution < 1.29 is 4.79 Å². The van der Waals surface area contributed by atoms with Crippen LogP contribution in [0.3, 0.4) is 0 Å². The lowest BCUT2D eigenvalue weighted by Gasteiger charge is -2.13. The fourth-order valence-electron chi connectivity index (χ4n) is 0.574. The van der Waals surface area contributed by atoms with Gasteiger partial charge in [-0.05, 0) is 6.08 Å². The average molecular weight is 123 g/mol. The maximum absolute atomic E-state index is 10.4. The lowest BCUT2D eigenvalue weighted by Crippen LogP contribution is -2.32. The molecule has 0 aromatic heterocycles. The number of rotatable bonds is 0. The normalized spacial score (nSPS) is 16.2. The van der Waals surface area contributed by atoms with E-state index in [4.69, 9.17) is 5.73 Å². The van der Waals surface area contributed by atoms with Crippen molar-refractivity contribution in [3.63, 3.8) is 0 Å². The molecule has 1 rings (SSSR count). The molecule has 2 N–H and O–H groups in total. The molecule has 0 saturated carbocycles. The summed E-state index contributed by atoms with van der Waals surface area (Å²) < 4.78 is 0. The van der Waals surface area contributed by atoms with Crippen molar-refractivity contribution in [3.05, 3.63) is 24.4 Å². The molecule has 1 aliphatic heterocycles. The number of carbonyl (C=O) groups excluding carboxylic acids is 1. The Labute approximate surface area is 53.4 Å². The van der Waals surface area contributed by atoms with Gasteiger partial charge in [0.05, 0.1) is 6.20 Å². The van der Waals surface area contributed by atoms with Gasteiger partial charge in [0.15, 0.2) is 0 Å². The molecule has 0 spiro atoms. The Balaban J connectivity index is 2.56. The number of carbonyl (C=O) groups is 1. The molecule has 1 aliphatic rings. The summed E-state index contributed by atoms with van der Waals surface area (Å²) in [5, 5.41) is 0. The highest BCUT2D eigenvalue weighted by atomic mass is 16.2. The van der Waals surface area contributed by atoms with Gasteiger partial charge in [0, 0.05) is 6.54 Å². The van der Waals surface area contributed by atoms with Crippen LogP contribution in [-0.4, -0.2) is 17.5 Å². The predicted molar refractivity (Wildman–Crippen MR) is 33.2 cm³/mol. The highest BCUT2D eigenvalue weighted by Gasteiger charge is 2.04. The lowest BCUT2D eigenvalue weighted by atomic mass is 10.4. The maximum Gasteiger partial charge on any atom is 0.319 e. The second kappa shape index (κ2) is 2.35. The number of nitrogens with zero attached hydrogens (tertiary/aromatic N) is 1. The molecule has 1 heterocycles. The highest BCUT2D eigenvalue weighted by molar-refractivity contribution is 5.73. The van der Waals surface area contributed by atoms with Crippen molar-refractivity contribution in [1.82, 2.24) is 4.90 Å². The van der Waals surface area contributed by atoms with Crippen molar-refractivity contribution >= 4 is 6.03 Å². The Morgan fingerprint density at radius 2 is 2.56 bits per heavy atom. The third-order valence-corrected chi connectivity index (χ3v) is 1.02. The van der Waals surface area contributed by atoms with Gasteiger partial charge in [-0.1, -0.05) is 12.2 Å². The number of primary amides is 1. The second-order valence-corrected chi connectivity index (χ2v) is 1.67. The zero-order valence-electron chi connectivity index (χ0n) is 4.87. The van der Waals surface area contributed by atoms with Crippen molar-refractivity contribution in [3.8, 4) is 0 Å². The summed E-state index contributed by atoms with van der Waals surface area (Å²) in [5.41, 5.74) is 4.94. The zero-order valence-corrected chi connectivity index (χ0v) is 4.87. The van der Waals surface area contributed by atoms with Crippen LogP contribution in [0, 0.1) is 6.20 Å². The van der Waals surface area contributed by atoms with E-state index in [-0.39, 0.29) is 0 Å². The minimum absolute atomic E-state index is 0.462. The standard InChI is InChI=1S/C6H7N2O/c7-6(9)8-4-2-1-3-5-8/h1-3H,4H2,(H2,7,9). The first-order chi connectivity index (χ1) is 4.30. The molecule has 47 valence electrons. The van der Waals surface area contributed by atoms with E-state index < -0.39 is 6.03 Å². The largest absolute Gasteiger partial charge is 0.351 e. The molecular formula is C6H7N2O. The fraction of sp³-hybridized carbons (Fsp3) is 0.167. The SMILES string of the molecule is NC(=O)N1[C]=CC=CC1. The minimum atomic E-state index is -0.462. The van der Waals surface area contributed by atoms with Crippen LogP contribution in [0.2, 0.25) is 0 Å². The molecule has 0 atom stereocenters. The number of nitrogens with two attached hydrogens (primary N) is 1. The van der Waals surface area contributed by atoms with E-state index in [0.29, 0.717) is 6.54 Å². The quantitative estimate of drug-likeness (QED) is 0.493. The average Bonchev–Trinajstić information content (AvgIpc) is 1.90. The van der Waals surface area contributed by atoms with Gasteiger partial charge in [-0.3, -0.25) is 4.90 Å². The number of allylic oxidation sites excluding steroid dienone is 2. The predicted octanol–water partition coefficient (Wildman–Crippen LogP) is 0.254. The third-order valence-electron chi connectivity index (χ3n) is 1.02. The number of amides is 2. The summed E-state index contributed by atoms with van der Waals surface area (Å²) in [4.78, 5) is 11.7. The molecule has 9 heavy (non-hydrogen) atoms. The molecule has 3 heteroatoms. The Morgan fingerprint density at radius 1 is 1.78 bits per heavy atom. The van der Waals surface area contributed by atoms with Crippen LogP contribution in [0.1, 0.15) is 0 Å². The van der Waals surface area contributed by atoms with E-state index in [1.165, 1.54) is 4.90 Å². The molecule has 0 saturated heterocycles. The Bertz CT molecular complexity index is 172. The van der Waals surface area contributed by atoms with E-state index in [9.17, 15) is 4.79 Å². The first-order valence-electron chi connectivity index (χ1n) is 2.62. The van der Waals surface area contributed by atoms with Crippen LogP contribution >= 0.6 is 0 Å². The van der Waals surface area contributed by atoms with E-state index in [2.05, 4.69) is 6.20 Å². The van der Waals surface area contributed by atoms with Gasteiger partial charge in [-0.25, -0.2) is 4.79 Å². The topological polar surface area (TPSA) is 46.3 Å². The van der Waals surface area contributed by atoms with Crippen molar-refractivity contribution in [2.45, 2.75) is 0 Å². The van der Waals surface area contributed by atoms with Crippen LogP contribution in [0.15, 0.2) is 18.2 Å². The van der Waals surface area contributed by atoms with Crippen molar-refractivity contribution in [1.29, 1.82) is 0 Å². The molecule has 0 aliphatic carbocycles. The molecule has 0 unspecified atom stereocenters. The summed E-state index contributed by atoms with van der Waals surface area (Å²) in [7, 11) is 0. The van der Waals surface area contributed by atoms with Crippen LogP contribution < -0.4 is 5.73 Å². The smallest absolute Gasteiger partial charge is 0.319 e. The fourth-order valence-corrected chi connectivity index (χ4v) is 0.574. The summed E-state index contributed by atoms with van der Waals surface area (Å²) in [5.74, 6) is 0. The highest BCUT2D eigenvalue weighted by Crippen LogP contribution is 1.94. The first kappa shape index (κ1) is 5.88. The number of urea groups is 1. The summed E-state index contributed by atoms with van der Waals surface area (Å²) in [6.45, 7) is 0.534. The maximum atomic E-state index is 10.4. The molecule has 0 aromatic rings. The number of hydrogen-bond donors (Lipinski definition) is 1. The lowest BCUT2D eigenvalue weighted by molar-refractivity contribution is 0.226. The van der Waals surface area contributed by atoms with Gasteiger partial charge in [0.1, 0.15) is 0 Å². The van der Waals surface area contributed by atoms with Gasteiger partial charge < -0.3 is 5.73 Å². The first-order valence-corrected chi connectivity index (χ1v) is 2.62. The molecule has 0 aromatic carbocycles. The Hall–Kier alpha value is -1.25. The third kappa shape index (κ3) is 1.32. The monoisotopic (exact) mass is 123 g/mol. The minimum Gasteiger partial charge on any atom is -0.351 e. The summed E-state index contributed by atoms with van der Waals surface area (Å²) in [6, 6.07) is -0.462. The number of hydrogen-bond acceptors (Lipinski definition) is 1. The summed E-state index contributed by atoms with van der Waals surface area (Å²) in [6.07, 6.45) is 7.97. The second-order valence-electron chi connectivity index (χ2n) is 1.67. The molecule has 3 nitrogen and oxygen atoms in total. The molecule has 0 bridgehead atoms. The van der Waals surface area contributed by atoms with Crippen LogP contribution in [0.4, 0.5) is 4.79 Å². The van der Waals surface area contributed by atoms with Gasteiger partial charge in [0.25, 0.3) is 0 Å². The van der Waals surface area contributed by atoms with Crippen molar-refractivity contribution in [2.75, 3.05) is 6.54 Å². The molecule has 2 amide bonds. The molecule has 0 fully saturated rings. The van der Waals surface area contributed by atoms with E-state index in [0.717, 1.165) is 0 Å². The van der Waals surface area contributed by atoms with Crippen molar-refractivity contribution in [2.24, 2.45) is 5.73 Å². The van der Waals surface area contributed by atoms with Gasteiger partial charge in [-0.2, -0.15) is 0 Å². The Morgan fingerprint density at radius 3 is 2.89 bits per heavy atom. The summed E-state index contributed by atoms with van der Waals surface area (Å²) >= 11 is 0. The van der Waals surface area contributed by atoms with Crippen LogP contribution in [-0.2, 0) is 0 Å². The van der Waals surface area contributed by atoms with E-state index in [1.54, 1.807) is 6.08 Å². The van der Waals surface area contributed by atoms with Gasteiger partial charge >= 0.3 is 6.03 Å². The molecular weight excluding hydrogens is 116 g/mol. The van der Waals surface area contributed by atoms with Gasteiger partial charge in [-0.15, -0.1) is 0 Å². The Kier molecular flexibility index (Phi) is 1.53. The van der Waals surface area contributed by atoms with Gasteiger partial charge in [0.2, 0.25) is 0 Å². The van der Waals surface area contributed by atoms with E-state index >= 15 is 0 Å². The van der Waals surface area contributed by atoms with Crippen LogP contribution in [0.5, 0.6) is 0 Å². The zero-order chi connectivity index (χ0) is 6.69.